The highest BCUT2D eigenvalue weighted by molar-refractivity contribution is 7.09. The minimum absolute atomic E-state index is 0.0967. The van der Waals surface area contributed by atoms with Crippen LogP contribution in [0, 0.1) is 6.92 Å². The number of carbonyl (C=O) groups excluding carboxylic acids is 1. The summed E-state index contributed by atoms with van der Waals surface area (Å²) in [5, 5.41) is 0. The average Bonchev–Trinajstić information content (AvgIpc) is 2.91. The highest BCUT2D eigenvalue weighted by Crippen LogP contribution is 2.27. The molecular weight excluding hydrogens is 282 g/mol. The largest absolute Gasteiger partial charge is 0.426 e. The van der Waals surface area contributed by atoms with Gasteiger partial charge in [0.15, 0.2) is 0 Å². The SMILES string of the molecule is Cc1cc(C(C)(C)C)ccc1OC(=O)CCc1cncs1. The summed E-state index contributed by atoms with van der Waals surface area (Å²) in [6, 6.07) is 6.01. The van der Waals surface area contributed by atoms with Gasteiger partial charge in [-0.05, 0) is 36.0 Å². The second-order valence-electron chi connectivity index (χ2n) is 6.17. The first-order chi connectivity index (χ1) is 9.86. The van der Waals surface area contributed by atoms with Gasteiger partial charge in [0.25, 0.3) is 0 Å². The number of carbonyl (C=O) groups is 1. The number of benzene rings is 1. The Bertz CT molecular complexity index is 612. The predicted octanol–water partition coefficient (Wildman–Crippen LogP) is 4.29. The quantitative estimate of drug-likeness (QED) is 0.625. The van der Waals surface area contributed by atoms with Crippen LogP contribution in [0.25, 0.3) is 0 Å². The van der Waals surface area contributed by atoms with Gasteiger partial charge in [0.1, 0.15) is 5.75 Å². The zero-order chi connectivity index (χ0) is 15.5. The lowest BCUT2D eigenvalue weighted by Gasteiger charge is -2.20. The molecule has 0 saturated heterocycles. The molecule has 1 aromatic carbocycles. The first-order valence-corrected chi connectivity index (χ1v) is 7.93. The van der Waals surface area contributed by atoms with Crippen LogP contribution in [0.15, 0.2) is 29.9 Å². The van der Waals surface area contributed by atoms with E-state index in [0.29, 0.717) is 18.6 Å². The molecule has 0 aliphatic carbocycles. The number of aromatic nitrogens is 1. The maximum absolute atomic E-state index is 11.9. The number of aryl methyl sites for hydroxylation is 2. The lowest BCUT2D eigenvalue weighted by Crippen LogP contribution is -2.13. The smallest absolute Gasteiger partial charge is 0.311 e. The van der Waals surface area contributed by atoms with Gasteiger partial charge in [-0.3, -0.25) is 9.78 Å². The van der Waals surface area contributed by atoms with Crippen molar-refractivity contribution >= 4 is 17.3 Å². The Balaban J connectivity index is 1.97. The molecule has 2 rings (SSSR count). The fraction of sp³-hybridized carbons (Fsp3) is 0.412. The van der Waals surface area contributed by atoms with Gasteiger partial charge in [0.2, 0.25) is 0 Å². The number of rotatable bonds is 4. The molecule has 0 aliphatic rings. The van der Waals surface area contributed by atoms with E-state index < -0.39 is 0 Å². The van der Waals surface area contributed by atoms with Crippen LogP contribution in [0.2, 0.25) is 0 Å². The molecule has 0 aliphatic heterocycles. The van der Waals surface area contributed by atoms with Crippen LogP contribution in [0.1, 0.15) is 43.2 Å². The number of hydrogen-bond acceptors (Lipinski definition) is 4. The van der Waals surface area contributed by atoms with E-state index in [1.54, 1.807) is 23.0 Å². The van der Waals surface area contributed by atoms with Crippen molar-refractivity contribution in [2.45, 2.75) is 46.0 Å². The standard InChI is InChI=1S/C17H21NO2S/c1-12-9-13(17(2,3)4)5-7-15(12)20-16(19)8-6-14-10-18-11-21-14/h5,7,9-11H,6,8H2,1-4H3. The van der Waals surface area contributed by atoms with E-state index in [1.165, 1.54) is 5.56 Å². The second kappa shape index (κ2) is 6.39. The number of ether oxygens (including phenoxy) is 1. The molecule has 0 fully saturated rings. The minimum atomic E-state index is -0.199. The third-order valence-corrected chi connectivity index (χ3v) is 4.16. The third kappa shape index (κ3) is 4.39. The van der Waals surface area contributed by atoms with Crippen LogP contribution in [-0.4, -0.2) is 11.0 Å². The Labute approximate surface area is 130 Å². The Morgan fingerprint density at radius 2 is 2.10 bits per heavy atom. The Kier molecular flexibility index (Phi) is 4.78. The van der Waals surface area contributed by atoms with Gasteiger partial charge >= 0.3 is 5.97 Å². The number of nitrogens with zero attached hydrogens (tertiary/aromatic N) is 1. The number of hydrogen-bond donors (Lipinski definition) is 0. The summed E-state index contributed by atoms with van der Waals surface area (Å²) in [5.41, 5.74) is 4.10. The summed E-state index contributed by atoms with van der Waals surface area (Å²) >= 11 is 1.56. The second-order valence-corrected chi connectivity index (χ2v) is 7.14. The number of esters is 1. The molecule has 1 heterocycles. The van der Waals surface area contributed by atoms with Crippen molar-refractivity contribution in [3.63, 3.8) is 0 Å². The van der Waals surface area contributed by atoms with Crippen molar-refractivity contribution in [1.29, 1.82) is 0 Å². The molecule has 0 bridgehead atoms. The highest BCUT2D eigenvalue weighted by atomic mass is 32.1. The lowest BCUT2D eigenvalue weighted by atomic mass is 9.86. The summed E-state index contributed by atoms with van der Waals surface area (Å²) in [7, 11) is 0. The van der Waals surface area contributed by atoms with E-state index in [1.807, 2.05) is 19.1 Å². The molecule has 0 amide bonds. The molecular formula is C17H21NO2S. The van der Waals surface area contributed by atoms with Crippen LogP contribution in [0.4, 0.5) is 0 Å². The van der Waals surface area contributed by atoms with E-state index in [2.05, 4.69) is 31.8 Å². The third-order valence-electron chi connectivity index (χ3n) is 3.32. The van der Waals surface area contributed by atoms with E-state index >= 15 is 0 Å². The molecule has 1 aromatic heterocycles. The van der Waals surface area contributed by atoms with Gasteiger partial charge in [-0.1, -0.05) is 32.9 Å². The summed E-state index contributed by atoms with van der Waals surface area (Å²) in [6.45, 7) is 8.48. The fourth-order valence-corrected chi connectivity index (χ4v) is 2.59. The highest BCUT2D eigenvalue weighted by Gasteiger charge is 2.15. The molecule has 0 radical (unpaired) electrons. The molecule has 112 valence electrons. The van der Waals surface area contributed by atoms with Crippen molar-refractivity contribution in [2.75, 3.05) is 0 Å². The van der Waals surface area contributed by atoms with Gasteiger partial charge in [0, 0.05) is 11.1 Å². The van der Waals surface area contributed by atoms with Crippen LogP contribution in [-0.2, 0) is 16.6 Å². The normalized spacial score (nSPS) is 11.4. The molecule has 0 unspecified atom stereocenters. The molecule has 3 nitrogen and oxygen atoms in total. The van der Waals surface area contributed by atoms with Crippen molar-refractivity contribution in [1.82, 2.24) is 4.98 Å². The van der Waals surface area contributed by atoms with E-state index in [-0.39, 0.29) is 11.4 Å². The average molecular weight is 303 g/mol. The van der Waals surface area contributed by atoms with Gasteiger partial charge in [-0.2, -0.15) is 0 Å². The maximum Gasteiger partial charge on any atom is 0.311 e. The van der Waals surface area contributed by atoms with E-state index in [4.69, 9.17) is 4.74 Å². The van der Waals surface area contributed by atoms with Crippen molar-refractivity contribution in [2.24, 2.45) is 0 Å². The first-order valence-electron chi connectivity index (χ1n) is 7.05. The zero-order valence-corrected chi connectivity index (χ0v) is 13.8. The molecule has 21 heavy (non-hydrogen) atoms. The topological polar surface area (TPSA) is 39.2 Å². The first kappa shape index (κ1) is 15.7. The monoisotopic (exact) mass is 303 g/mol. The van der Waals surface area contributed by atoms with Gasteiger partial charge < -0.3 is 4.74 Å². The molecule has 0 atom stereocenters. The molecule has 2 aromatic rings. The van der Waals surface area contributed by atoms with Crippen LogP contribution in [0.3, 0.4) is 0 Å². The summed E-state index contributed by atoms with van der Waals surface area (Å²) in [6.07, 6.45) is 2.85. The zero-order valence-electron chi connectivity index (χ0n) is 13.0. The molecule has 0 N–H and O–H groups in total. The van der Waals surface area contributed by atoms with Crippen molar-refractivity contribution in [3.05, 3.63) is 45.9 Å². The van der Waals surface area contributed by atoms with E-state index in [0.717, 1.165) is 10.4 Å². The molecule has 0 spiro atoms. The number of thiazole rings is 1. The maximum atomic E-state index is 11.9. The van der Waals surface area contributed by atoms with E-state index in [9.17, 15) is 4.79 Å². The molecule has 0 saturated carbocycles. The Morgan fingerprint density at radius 1 is 1.33 bits per heavy atom. The van der Waals surface area contributed by atoms with Crippen LogP contribution >= 0.6 is 11.3 Å². The van der Waals surface area contributed by atoms with Crippen molar-refractivity contribution < 1.29 is 9.53 Å². The summed E-state index contributed by atoms with van der Waals surface area (Å²) < 4.78 is 5.46. The van der Waals surface area contributed by atoms with Crippen LogP contribution < -0.4 is 4.74 Å². The molecule has 4 heteroatoms. The van der Waals surface area contributed by atoms with Gasteiger partial charge in [-0.15, -0.1) is 11.3 Å². The Hall–Kier alpha value is -1.68. The lowest BCUT2D eigenvalue weighted by molar-refractivity contribution is -0.134. The fourth-order valence-electron chi connectivity index (χ4n) is 1.99. The Morgan fingerprint density at radius 3 is 2.67 bits per heavy atom. The predicted molar refractivity (Wildman–Crippen MR) is 85.9 cm³/mol. The van der Waals surface area contributed by atoms with Crippen molar-refractivity contribution in [3.8, 4) is 5.75 Å². The van der Waals surface area contributed by atoms with Gasteiger partial charge in [0.05, 0.1) is 11.9 Å². The van der Waals surface area contributed by atoms with Gasteiger partial charge in [-0.25, -0.2) is 0 Å². The van der Waals surface area contributed by atoms with Crippen LogP contribution in [0.5, 0.6) is 5.75 Å². The summed E-state index contributed by atoms with van der Waals surface area (Å²) in [4.78, 5) is 17.0. The minimum Gasteiger partial charge on any atom is -0.426 e. The summed E-state index contributed by atoms with van der Waals surface area (Å²) in [5.74, 6) is 0.451.